The highest BCUT2D eigenvalue weighted by atomic mass is 15.3. The highest BCUT2D eigenvalue weighted by Gasteiger charge is 2.04. The molecule has 2 aromatic heterocycles. The lowest BCUT2D eigenvalue weighted by molar-refractivity contribution is 0.705. The summed E-state index contributed by atoms with van der Waals surface area (Å²) in [5, 5.41) is 4.52. The molecule has 0 aliphatic heterocycles. The maximum atomic E-state index is 4.52. The van der Waals surface area contributed by atoms with Gasteiger partial charge in [0, 0.05) is 29.7 Å². The van der Waals surface area contributed by atoms with Gasteiger partial charge in [-0.3, -0.25) is 4.68 Å². The van der Waals surface area contributed by atoms with Gasteiger partial charge >= 0.3 is 0 Å². The molecule has 1 aromatic carbocycles. The van der Waals surface area contributed by atoms with Crippen molar-refractivity contribution in [1.82, 2.24) is 19.7 Å². The molecule has 0 atom stereocenters. The Morgan fingerprint density at radius 1 is 1.05 bits per heavy atom. The van der Waals surface area contributed by atoms with Gasteiger partial charge in [0.15, 0.2) is 0 Å². The molecule has 0 spiro atoms. The van der Waals surface area contributed by atoms with E-state index in [2.05, 4.69) is 27.7 Å². The number of nitrogens with zero attached hydrogens (tertiary/aromatic N) is 4. The van der Waals surface area contributed by atoms with Crippen LogP contribution < -0.4 is 0 Å². The molecule has 2 heterocycles. The molecule has 0 aliphatic carbocycles. The van der Waals surface area contributed by atoms with Crippen LogP contribution in [0, 0.1) is 0 Å². The molecule has 0 saturated carbocycles. The number of rotatable bonds is 4. The fourth-order valence-electron chi connectivity index (χ4n) is 2.06. The third-order valence-electron chi connectivity index (χ3n) is 3.01. The van der Waals surface area contributed by atoms with Gasteiger partial charge in [-0.2, -0.15) is 5.10 Å². The zero-order chi connectivity index (χ0) is 13.8. The molecular formula is C16H14N4. The van der Waals surface area contributed by atoms with E-state index in [1.54, 1.807) is 0 Å². The standard InChI is InChI=1S/C16H14N4/c1-2-7-20-8-6-16(19-20)14-5-3-4-13(9-14)15-10-17-12-18-11-15/h2-6,8-12H,1,7H2. The van der Waals surface area contributed by atoms with E-state index in [-0.39, 0.29) is 0 Å². The van der Waals surface area contributed by atoms with Gasteiger partial charge in [-0.05, 0) is 17.7 Å². The van der Waals surface area contributed by atoms with Crippen LogP contribution >= 0.6 is 0 Å². The SMILES string of the molecule is C=CCn1ccc(-c2cccc(-c3cncnc3)c2)n1. The van der Waals surface area contributed by atoms with E-state index in [4.69, 9.17) is 0 Å². The first kappa shape index (κ1) is 12.3. The Labute approximate surface area is 117 Å². The Hall–Kier alpha value is -2.75. The van der Waals surface area contributed by atoms with Crippen LogP contribution in [0.1, 0.15) is 0 Å². The van der Waals surface area contributed by atoms with Crippen molar-refractivity contribution in [1.29, 1.82) is 0 Å². The first-order valence-corrected chi connectivity index (χ1v) is 6.37. The zero-order valence-corrected chi connectivity index (χ0v) is 11.0. The largest absolute Gasteiger partial charge is 0.268 e. The van der Waals surface area contributed by atoms with Gasteiger partial charge in [0.25, 0.3) is 0 Å². The molecule has 20 heavy (non-hydrogen) atoms. The summed E-state index contributed by atoms with van der Waals surface area (Å²) in [7, 11) is 0. The number of hydrogen-bond donors (Lipinski definition) is 0. The van der Waals surface area contributed by atoms with Gasteiger partial charge in [0.1, 0.15) is 6.33 Å². The first-order chi connectivity index (χ1) is 9.86. The highest BCUT2D eigenvalue weighted by molar-refractivity contribution is 5.70. The van der Waals surface area contributed by atoms with Crippen LogP contribution in [0.25, 0.3) is 22.4 Å². The predicted octanol–water partition coefficient (Wildman–Crippen LogP) is 3.19. The van der Waals surface area contributed by atoms with E-state index in [0.717, 1.165) is 22.4 Å². The summed E-state index contributed by atoms with van der Waals surface area (Å²) >= 11 is 0. The summed E-state index contributed by atoms with van der Waals surface area (Å²) < 4.78 is 1.86. The summed E-state index contributed by atoms with van der Waals surface area (Å²) in [4.78, 5) is 8.10. The van der Waals surface area contributed by atoms with Crippen molar-refractivity contribution in [3.63, 3.8) is 0 Å². The lowest BCUT2D eigenvalue weighted by Crippen LogP contribution is -1.95. The molecule has 4 heteroatoms. The Morgan fingerprint density at radius 2 is 1.85 bits per heavy atom. The van der Waals surface area contributed by atoms with Gasteiger partial charge in [0.05, 0.1) is 12.2 Å². The normalized spacial score (nSPS) is 10.4. The minimum absolute atomic E-state index is 0.714. The van der Waals surface area contributed by atoms with E-state index < -0.39 is 0 Å². The van der Waals surface area contributed by atoms with Crippen LogP contribution in [0.3, 0.4) is 0 Å². The molecule has 98 valence electrons. The fourth-order valence-corrected chi connectivity index (χ4v) is 2.06. The maximum absolute atomic E-state index is 4.52. The maximum Gasteiger partial charge on any atom is 0.115 e. The van der Waals surface area contributed by atoms with Crippen molar-refractivity contribution in [2.24, 2.45) is 0 Å². The van der Waals surface area contributed by atoms with Crippen molar-refractivity contribution in [2.75, 3.05) is 0 Å². The van der Waals surface area contributed by atoms with Crippen LogP contribution in [0.2, 0.25) is 0 Å². The average molecular weight is 262 g/mol. The molecule has 0 radical (unpaired) electrons. The van der Waals surface area contributed by atoms with E-state index in [9.17, 15) is 0 Å². The second-order valence-corrected chi connectivity index (χ2v) is 4.42. The van der Waals surface area contributed by atoms with Crippen LogP contribution in [0.4, 0.5) is 0 Å². The molecular weight excluding hydrogens is 248 g/mol. The summed E-state index contributed by atoms with van der Waals surface area (Å²) in [6.45, 7) is 4.43. The number of benzene rings is 1. The van der Waals surface area contributed by atoms with E-state index >= 15 is 0 Å². The van der Waals surface area contributed by atoms with Gasteiger partial charge < -0.3 is 0 Å². The third kappa shape index (κ3) is 2.49. The van der Waals surface area contributed by atoms with Crippen molar-refractivity contribution >= 4 is 0 Å². The number of aromatic nitrogens is 4. The molecule has 0 amide bonds. The van der Waals surface area contributed by atoms with E-state index in [0.29, 0.717) is 6.54 Å². The van der Waals surface area contributed by atoms with Crippen molar-refractivity contribution in [2.45, 2.75) is 6.54 Å². The molecule has 0 saturated heterocycles. The third-order valence-corrected chi connectivity index (χ3v) is 3.01. The van der Waals surface area contributed by atoms with Crippen LogP contribution in [0.5, 0.6) is 0 Å². The van der Waals surface area contributed by atoms with Crippen LogP contribution in [-0.2, 0) is 6.54 Å². The molecule has 0 aliphatic rings. The monoisotopic (exact) mass is 262 g/mol. The second kappa shape index (κ2) is 5.48. The Morgan fingerprint density at radius 3 is 2.65 bits per heavy atom. The summed E-state index contributed by atoms with van der Waals surface area (Å²) in [5.74, 6) is 0. The summed E-state index contributed by atoms with van der Waals surface area (Å²) in [6.07, 6.45) is 8.93. The fraction of sp³-hybridized carbons (Fsp3) is 0.0625. The van der Waals surface area contributed by atoms with E-state index in [1.807, 2.05) is 53.6 Å². The van der Waals surface area contributed by atoms with Crippen molar-refractivity contribution in [3.05, 3.63) is 67.9 Å². The highest BCUT2D eigenvalue weighted by Crippen LogP contribution is 2.24. The lowest BCUT2D eigenvalue weighted by Gasteiger charge is -2.03. The smallest absolute Gasteiger partial charge is 0.115 e. The molecule has 0 fully saturated rings. The molecule has 0 unspecified atom stereocenters. The molecule has 0 bridgehead atoms. The van der Waals surface area contributed by atoms with Crippen LogP contribution in [0.15, 0.2) is 67.9 Å². The van der Waals surface area contributed by atoms with Gasteiger partial charge in [-0.15, -0.1) is 6.58 Å². The van der Waals surface area contributed by atoms with Gasteiger partial charge in [0.2, 0.25) is 0 Å². The van der Waals surface area contributed by atoms with Gasteiger partial charge in [-0.1, -0.05) is 24.3 Å². The lowest BCUT2D eigenvalue weighted by atomic mass is 10.0. The topological polar surface area (TPSA) is 43.6 Å². The molecule has 3 aromatic rings. The van der Waals surface area contributed by atoms with Crippen molar-refractivity contribution < 1.29 is 0 Å². The Bertz CT molecular complexity index is 716. The average Bonchev–Trinajstić information content (AvgIpc) is 2.97. The first-order valence-electron chi connectivity index (χ1n) is 6.37. The summed E-state index contributed by atoms with van der Waals surface area (Å²) in [5.41, 5.74) is 4.11. The summed E-state index contributed by atoms with van der Waals surface area (Å²) in [6, 6.07) is 10.2. The molecule has 4 nitrogen and oxygen atoms in total. The van der Waals surface area contributed by atoms with E-state index in [1.165, 1.54) is 6.33 Å². The van der Waals surface area contributed by atoms with Gasteiger partial charge in [-0.25, -0.2) is 9.97 Å². The minimum Gasteiger partial charge on any atom is -0.268 e. The predicted molar refractivity (Wildman–Crippen MR) is 78.9 cm³/mol. The molecule has 0 N–H and O–H groups in total. The quantitative estimate of drug-likeness (QED) is 0.678. The van der Waals surface area contributed by atoms with Crippen molar-refractivity contribution in [3.8, 4) is 22.4 Å². The number of hydrogen-bond acceptors (Lipinski definition) is 3. The number of allylic oxidation sites excluding steroid dienone is 1. The molecule has 3 rings (SSSR count). The minimum atomic E-state index is 0.714. The zero-order valence-electron chi connectivity index (χ0n) is 11.0. The second-order valence-electron chi connectivity index (χ2n) is 4.42. The Balaban J connectivity index is 1.96. The van der Waals surface area contributed by atoms with Crippen LogP contribution in [-0.4, -0.2) is 19.7 Å². The Kier molecular flexibility index (Phi) is 3.37.